The Morgan fingerprint density at radius 2 is 1.87 bits per heavy atom. The second kappa shape index (κ2) is 8.68. The molecule has 3 N–H and O–H groups in total. The van der Waals surface area contributed by atoms with Crippen LogP contribution in [0.25, 0.3) is 21.3 Å². The molecule has 0 bridgehead atoms. The zero-order valence-corrected chi connectivity index (χ0v) is 17.6. The van der Waals surface area contributed by atoms with Gasteiger partial charge >= 0.3 is 11.8 Å². The fourth-order valence-corrected chi connectivity index (χ4v) is 3.93. The number of amides is 3. The highest BCUT2D eigenvalue weighted by molar-refractivity contribution is 7.17. The van der Waals surface area contributed by atoms with Crippen molar-refractivity contribution in [2.45, 2.75) is 38.8 Å². The lowest BCUT2D eigenvalue weighted by Crippen LogP contribution is -2.49. The molecule has 1 saturated carbocycles. The van der Waals surface area contributed by atoms with Crippen molar-refractivity contribution in [1.29, 1.82) is 0 Å². The molecule has 0 aliphatic heterocycles. The number of fused-ring (bicyclic) bond motifs is 1. The Kier molecular flexibility index (Phi) is 5.81. The van der Waals surface area contributed by atoms with Crippen molar-refractivity contribution in [3.05, 3.63) is 51.9 Å². The predicted molar refractivity (Wildman–Crippen MR) is 116 cm³/mol. The zero-order chi connectivity index (χ0) is 22.0. The molecule has 0 unspecified atom stereocenters. The first-order valence-electron chi connectivity index (χ1n) is 9.85. The minimum atomic E-state index is -0.929. The number of thiophene rings is 1. The SMILES string of the molecule is Cc1ccc(-c2csc3ncn(CCC(=O)NNC(=O)C(=O)NC4CC4)c(=O)c23)cc1. The van der Waals surface area contributed by atoms with Crippen LogP contribution in [0.15, 0.2) is 40.8 Å². The van der Waals surface area contributed by atoms with E-state index in [0.717, 1.165) is 29.5 Å². The topological polar surface area (TPSA) is 122 Å². The number of nitrogens with zero attached hydrogens (tertiary/aromatic N) is 2. The van der Waals surface area contributed by atoms with E-state index in [2.05, 4.69) is 21.2 Å². The second-order valence-corrected chi connectivity index (χ2v) is 8.30. The Morgan fingerprint density at radius 3 is 2.58 bits per heavy atom. The molecule has 2 heterocycles. The second-order valence-electron chi connectivity index (χ2n) is 7.44. The number of carbonyl (C=O) groups is 3. The number of hydrazine groups is 1. The Morgan fingerprint density at radius 1 is 1.13 bits per heavy atom. The molecule has 0 spiro atoms. The van der Waals surface area contributed by atoms with E-state index >= 15 is 0 Å². The minimum Gasteiger partial charge on any atom is -0.345 e. The number of carbonyl (C=O) groups excluding carboxylic acids is 3. The molecule has 0 atom stereocenters. The van der Waals surface area contributed by atoms with Crippen molar-refractivity contribution in [3.63, 3.8) is 0 Å². The summed E-state index contributed by atoms with van der Waals surface area (Å²) in [6.07, 6.45) is 3.05. The quantitative estimate of drug-likeness (QED) is 0.408. The number of benzene rings is 1. The molecule has 1 aromatic carbocycles. The standard InChI is InChI=1S/C21H21N5O4S/c1-12-2-4-13(5-3-12)15-10-31-20-17(15)21(30)26(11-22-20)9-8-16(27)24-25-19(29)18(28)23-14-6-7-14/h2-5,10-11,14H,6-9H2,1H3,(H,23,28)(H,24,27)(H,25,29). The third kappa shape index (κ3) is 4.80. The van der Waals surface area contributed by atoms with Crippen LogP contribution in [0.2, 0.25) is 0 Å². The molecule has 0 saturated heterocycles. The lowest BCUT2D eigenvalue weighted by Gasteiger charge is -2.09. The molecule has 4 rings (SSSR count). The van der Waals surface area contributed by atoms with E-state index < -0.39 is 17.7 Å². The van der Waals surface area contributed by atoms with E-state index in [0.29, 0.717) is 10.2 Å². The van der Waals surface area contributed by atoms with Gasteiger partial charge in [0.15, 0.2) is 0 Å². The average Bonchev–Trinajstić information content (AvgIpc) is 3.47. The Bertz CT molecular complexity index is 1210. The average molecular weight is 439 g/mol. The monoisotopic (exact) mass is 439 g/mol. The summed E-state index contributed by atoms with van der Waals surface area (Å²) in [5.41, 5.74) is 6.90. The lowest BCUT2D eigenvalue weighted by atomic mass is 10.1. The van der Waals surface area contributed by atoms with Crippen LogP contribution in [0.4, 0.5) is 0 Å². The summed E-state index contributed by atoms with van der Waals surface area (Å²) < 4.78 is 1.37. The third-order valence-electron chi connectivity index (χ3n) is 4.94. The van der Waals surface area contributed by atoms with Gasteiger partial charge in [0.25, 0.3) is 5.56 Å². The van der Waals surface area contributed by atoms with Crippen molar-refractivity contribution in [2.75, 3.05) is 0 Å². The molecule has 1 aliphatic rings. The Labute approximate surface area is 181 Å². The summed E-state index contributed by atoms with van der Waals surface area (Å²) in [4.78, 5) is 53.2. The smallest absolute Gasteiger partial charge is 0.327 e. The number of hydrogen-bond donors (Lipinski definition) is 3. The third-order valence-corrected chi connectivity index (χ3v) is 5.82. The van der Waals surface area contributed by atoms with Gasteiger partial charge in [-0.05, 0) is 25.3 Å². The predicted octanol–water partition coefficient (Wildman–Crippen LogP) is 1.25. The summed E-state index contributed by atoms with van der Waals surface area (Å²) in [5.74, 6) is -2.24. The van der Waals surface area contributed by atoms with Gasteiger partial charge in [-0.1, -0.05) is 29.8 Å². The van der Waals surface area contributed by atoms with Gasteiger partial charge in [0, 0.05) is 30.0 Å². The summed E-state index contributed by atoms with van der Waals surface area (Å²) in [5, 5.41) is 4.95. The van der Waals surface area contributed by atoms with E-state index in [1.54, 1.807) is 0 Å². The number of aryl methyl sites for hydroxylation is 2. The molecule has 0 radical (unpaired) electrons. The summed E-state index contributed by atoms with van der Waals surface area (Å²) in [6.45, 7) is 2.08. The maximum absolute atomic E-state index is 13.0. The molecule has 3 amide bonds. The fraction of sp³-hybridized carbons (Fsp3) is 0.286. The van der Waals surface area contributed by atoms with Gasteiger partial charge in [0.05, 0.1) is 11.7 Å². The number of nitrogens with one attached hydrogen (secondary N) is 3. The lowest BCUT2D eigenvalue weighted by molar-refractivity contribution is -0.141. The van der Waals surface area contributed by atoms with Gasteiger partial charge in [-0.25, -0.2) is 4.98 Å². The van der Waals surface area contributed by atoms with Crippen LogP contribution in [0.5, 0.6) is 0 Å². The van der Waals surface area contributed by atoms with E-state index in [1.165, 1.54) is 22.2 Å². The molecule has 1 aliphatic carbocycles. The van der Waals surface area contributed by atoms with Gasteiger partial charge in [-0.15, -0.1) is 11.3 Å². The fourth-order valence-electron chi connectivity index (χ4n) is 3.02. The first kappa shape index (κ1) is 20.7. The summed E-state index contributed by atoms with van der Waals surface area (Å²) >= 11 is 1.39. The normalized spacial score (nSPS) is 13.1. The van der Waals surface area contributed by atoms with Gasteiger partial charge in [0.1, 0.15) is 4.83 Å². The van der Waals surface area contributed by atoms with Gasteiger partial charge in [0.2, 0.25) is 5.91 Å². The molecule has 2 aromatic heterocycles. The van der Waals surface area contributed by atoms with Gasteiger partial charge < -0.3 is 5.32 Å². The van der Waals surface area contributed by atoms with Crippen LogP contribution in [0.1, 0.15) is 24.8 Å². The van der Waals surface area contributed by atoms with Crippen LogP contribution in [0, 0.1) is 6.92 Å². The molecular weight excluding hydrogens is 418 g/mol. The largest absolute Gasteiger partial charge is 0.345 e. The highest BCUT2D eigenvalue weighted by Crippen LogP contribution is 2.30. The van der Waals surface area contributed by atoms with Crippen molar-refractivity contribution >= 4 is 39.3 Å². The van der Waals surface area contributed by atoms with Crippen LogP contribution in [-0.4, -0.2) is 33.3 Å². The van der Waals surface area contributed by atoms with Crippen molar-refractivity contribution < 1.29 is 14.4 Å². The molecule has 31 heavy (non-hydrogen) atoms. The van der Waals surface area contributed by atoms with Crippen molar-refractivity contribution in [3.8, 4) is 11.1 Å². The molecule has 3 aromatic rings. The summed E-state index contributed by atoms with van der Waals surface area (Å²) in [6, 6.07) is 7.94. The highest BCUT2D eigenvalue weighted by Gasteiger charge is 2.26. The molecule has 1 fully saturated rings. The van der Waals surface area contributed by atoms with E-state index in [-0.39, 0.29) is 24.6 Å². The molecule has 160 valence electrons. The minimum absolute atomic E-state index is 0.0464. The maximum atomic E-state index is 13.0. The number of hydrogen-bond acceptors (Lipinski definition) is 6. The van der Waals surface area contributed by atoms with Crippen LogP contribution in [-0.2, 0) is 20.9 Å². The summed E-state index contributed by atoms with van der Waals surface area (Å²) in [7, 11) is 0. The van der Waals surface area contributed by atoms with Gasteiger partial charge in [-0.2, -0.15) is 0 Å². The van der Waals surface area contributed by atoms with Crippen LogP contribution in [0.3, 0.4) is 0 Å². The Hall–Kier alpha value is -3.53. The zero-order valence-electron chi connectivity index (χ0n) is 16.8. The van der Waals surface area contributed by atoms with E-state index in [9.17, 15) is 19.2 Å². The van der Waals surface area contributed by atoms with Crippen molar-refractivity contribution in [1.82, 2.24) is 25.7 Å². The first-order chi connectivity index (χ1) is 14.9. The van der Waals surface area contributed by atoms with Crippen LogP contribution < -0.4 is 21.7 Å². The Balaban J connectivity index is 1.41. The molecule has 10 heteroatoms. The molecular formula is C21H21N5O4S. The number of aromatic nitrogens is 2. The number of rotatable bonds is 5. The van der Waals surface area contributed by atoms with E-state index in [1.807, 2.05) is 36.6 Å². The highest BCUT2D eigenvalue weighted by atomic mass is 32.1. The molecule has 9 nitrogen and oxygen atoms in total. The first-order valence-corrected chi connectivity index (χ1v) is 10.7. The van der Waals surface area contributed by atoms with Gasteiger partial charge in [-0.3, -0.25) is 34.6 Å². The van der Waals surface area contributed by atoms with Crippen LogP contribution >= 0.6 is 11.3 Å². The van der Waals surface area contributed by atoms with Crippen molar-refractivity contribution in [2.24, 2.45) is 0 Å². The van der Waals surface area contributed by atoms with E-state index in [4.69, 9.17) is 0 Å². The maximum Gasteiger partial charge on any atom is 0.327 e.